The predicted molar refractivity (Wildman–Crippen MR) is 152 cm³/mol. The minimum Gasteiger partial charge on any atom is -0.462 e. The van der Waals surface area contributed by atoms with Crippen molar-refractivity contribution in [3.8, 4) is 16.9 Å². The SMILES string of the molecule is C=CC(=O)OCCc1ccc(N(c2ccc(C)cc2)c2ccc(-c3ccc(OC(=O)C=C)cc3)cc2)cc1. The Morgan fingerprint density at radius 2 is 1.16 bits per heavy atom. The lowest BCUT2D eigenvalue weighted by atomic mass is 10.0. The molecule has 0 heterocycles. The molecule has 4 rings (SSSR count). The van der Waals surface area contributed by atoms with Crippen molar-refractivity contribution in [3.63, 3.8) is 0 Å². The van der Waals surface area contributed by atoms with Gasteiger partial charge in [0.1, 0.15) is 5.75 Å². The highest BCUT2D eigenvalue weighted by Crippen LogP contribution is 2.36. The van der Waals surface area contributed by atoms with E-state index >= 15 is 0 Å². The molecule has 0 fully saturated rings. The molecule has 4 aromatic rings. The number of carbonyl (C=O) groups is 2. The maximum atomic E-state index is 11.4. The lowest BCUT2D eigenvalue weighted by Gasteiger charge is -2.26. The Balaban J connectivity index is 1.57. The largest absolute Gasteiger partial charge is 0.462 e. The molecular weight excluding hydrogens is 474 g/mol. The lowest BCUT2D eigenvalue weighted by Crippen LogP contribution is -2.10. The van der Waals surface area contributed by atoms with Gasteiger partial charge < -0.3 is 14.4 Å². The first-order valence-electron chi connectivity index (χ1n) is 12.3. The van der Waals surface area contributed by atoms with Crippen LogP contribution in [-0.4, -0.2) is 18.5 Å². The van der Waals surface area contributed by atoms with Gasteiger partial charge in [0.05, 0.1) is 6.61 Å². The van der Waals surface area contributed by atoms with Crippen molar-refractivity contribution < 1.29 is 19.1 Å². The number of benzene rings is 4. The molecule has 0 radical (unpaired) electrons. The monoisotopic (exact) mass is 503 g/mol. The number of nitrogens with zero attached hydrogens (tertiary/aromatic N) is 1. The molecule has 0 amide bonds. The van der Waals surface area contributed by atoms with Crippen LogP contribution in [0.5, 0.6) is 5.75 Å². The number of esters is 2. The summed E-state index contributed by atoms with van der Waals surface area (Å²) in [5.41, 5.74) is 7.40. The Bertz CT molecular complexity index is 1400. The van der Waals surface area contributed by atoms with E-state index in [-0.39, 0.29) is 0 Å². The second kappa shape index (κ2) is 12.4. The average Bonchev–Trinajstić information content (AvgIpc) is 2.95. The molecule has 0 atom stereocenters. The molecule has 0 bridgehead atoms. The fourth-order valence-corrected chi connectivity index (χ4v) is 3.96. The third kappa shape index (κ3) is 6.65. The highest BCUT2D eigenvalue weighted by atomic mass is 16.5. The van der Waals surface area contributed by atoms with Crippen LogP contribution in [0.15, 0.2) is 122 Å². The van der Waals surface area contributed by atoms with Crippen molar-refractivity contribution in [1.82, 2.24) is 0 Å². The van der Waals surface area contributed by atoms with Crippen LogP contribution in [0.2, 0.25) is 0 Å². The van der Waals surface area contributed by atoms with Gasteiger partial charge in [0.25, 0.3) is 0 Å². The van der Waals surface area contributed by atoms with E-state index in [1.165, 1.54) is 11.6 Å². The summed E-state index contributed by atoms with van der Waals surface area (Å²) in [4.78, 5) is 24.9. The van der Waals surface area contributed by atoms with Gasteiger partial charge in [-0.05, 0) is 72.1 Å². The molecule has 4 aromatic carbocycles. The zero-order valence-electron chi connectivity index (χ0n) is 21.3. The summed E-state index contributed by atoms with van der Waals surface area (Å²) in [6.07, 6.45) is 2.94. The Labute approximate surface area is 223 Å². The molecule has 0 aliphatic carbocycles. The molecule has 0 unspecified atom stereocenters. The quantitative estimate of drug-likeness (QED) is 0.127. The summed E-state index contributed by atoms with van der Waals surface area (Å²) < 4.78 is 10.3. The van der Waals surface area contributed by atoms with Crippen molar-refractivity contribution in [3.05, 3.63) is 133 Å². The van der Waals surface area contributed by atoms with Crippen molar-refractivity contribution in [2.45, 2.75) is 13.3 Å². The van der Waals surface area contributed by atoms with Crippen LogP contribution in [0.3, 0.4) is 0 Å². The van der Waals surface area contributed by atoms with E-state index in [4.69, 9.17) is 9.47 Å². The second-order valence-electron chi connectivity index (χ2n) is 8.66. The van der Waals surface area contributed by atoms with E-state index in [2.05, 4.69) is 85.6 Å². The normalized spacial score (nSPS) is 10.3. The van der Waals surface area contributed by atoms with Gasteiger partial charge in [0, 0.05) is 35.6 Å². The Kier molecular flexibility index (Phi) is 8.52. The number of hydrogen-bond donors (Lipinski definition) is 0. The van der Waals surface area contributed by atoms with E-state index in [1.54, 1.807) is 12.1 Å². The molecule has 0 aliphatic heterocycles. The smallest absolute Gasteiger partial charge is 0.335 e. The van der Waals surface area contributed by atoms with Crippen LogP contribution in [-0.2, 0) is 20.7 Å². The Morgan fingerprint density at radius 3 is 1.68 bits per heavy atom. The topological polar surface area (TPSA) is 55.8 Å². The summed E-state index contributed by atoms with van der Waals surface area (Å²) in [6.45, 7) is 9.22. The van der Waals surface area contributed by atoms with Gasteiger partial charge in [-0.3, -0.25) is 0 Å². The van der Waals surface area contributed by atoms with Gasteiger partial charge in [0.15, 0.2) is 0 Å². The number of hydrogen-bond acceptors (Lipinski definition) is 5. The van der Waals surface area contributed by atoms with E-state index in [0.29, 0.717) is 18.8 Å². The van der Waals surface area contributed by atoms with Gasteiger partial charge in [-0.25, -0.2) is 9.59 Å². The molecule has 0 saturated carbocycles. The summed E-state index contributed by atoms with van der Waals surface area (Å²) >= 11 is 0. The van der Waals surface area contributed by atoms with Crippen molar-refractivity contribution in [2.75, 3.05) is 11.5 Å². The maximum Gasteiger partial charge on any atom is 0.335 e. The molecule has 38 heavy (non-hydrogen) atoms. The van der Waals surface area contributed by atoms with Crippen LogP contribution in [0.25, 0.3) is 11.1 Å². The molecule has 0 aliphatic rings. The number of anilines is 3. The second-order valence-corrected chi connectivity index (χ2v) is 8.66. The van der Waals surface area contributed by atoms with E-state index in [1.807, 2.05) is 24.3 Å². The maximum absolute atomic E-state index is 11.4. The minimum absolute atomic E-state index is 0.311. The minimum atomic E-state index is -0.484. The standard InChI is InChI=1S/C33H29NO4/c1-4-32(35)37-23-22-25-8-16-29(17-9-25)34(28-14-6-24(3)7-15-28)30-18-10-26(11-19-30)27-12-20-31(21-13-27)38-33(36)5-2/h4-21H,1-2,22-23H2,3H3. The third-order valence-corrected chi connectivity index (χ3v) is 5.99. The summed E-state index contributed by atoms with van der Waals surface area (Å²) in [5.74, 6) is -0.423. The first-order chi connectivity index (χ1) is 18.5. The first-order valence-corrected chi connectivity index (χ1v) is 12.3. The number of rotatable bonds is 10. The molecule has 0 saturated heterocycles. The van der Waals surface area contributed by atoms with Crippen LogP contribution in [0, 0.1) is 6.92 Å². The number of ether oxygens (including phenoxy) is 2. The van der Waals surface area contributed by atoms with Gasteiger partial charge in [-0.2, -0.15) is 0 Å². The van der Waals surface area contributed by atoms with E-state index in [9.17, 15) is 9.59 Å². The molecule has 0 N–H and O–H groups in total. The summed E-state index contributed by atoms with van der Waals surface area (Å²) in [5, 5.41) is 0. The third-order valence-electron chi connectivity index (χ3n) is 5.99. The van der Waals surface area contributed by atoms with Crippen LogP contribution in [0.4, 0.5) is 17.1 Å². The van der Waals surface area contributed by atoms with Crippen LogP contribution >= 0.6 is 0 Å². The number of aryl methyl sites for hydroxylation is 1. The number of carbonyl (C=O) groups excluding carboxylic acids is 2. The molecular formula is C33H29NO4. The summed E-state index contributed by atoms with van der Waals surface area (Å²) in [7, 11) is 0. The molecule has 0 aromatic heterocycles. The zero-order chi connectivity index (χ0) is 26.9. The van der Waals surface area contributed by atoms with E-state index in [0.717, 1.165) is 39.8 Å². The Morgan fingerprint density at radius 1 is 0.684 bits per heavy atom. The first kappa shape index (κ1) is 26.2. The molecule has 5 heteroatoms. The van der Waals surface area contributed by atoms with Crippen molar-refractivity contribution >= 4 is 29.0 Å². The Hall–Kier alpha value is -4.90. The highest BCUT2D eigenvalue weighted by molar-refractivity contribution is 5.83. The average molecular weight is 504 g/mol. The lowest BCUT2D eigenvalue weighted by molar-refractivity contribution is -0.137. The van der Waals surface area contributed by atoms with Gasteiger partial charge in [-0.1, -0.05) is 67.3 Å². The summed E-state index contributed by atoms with van der Waals surface area (Å²) in [6, 6.07) is 32.3. The highest BCUT2D eigenvalue weighted by Gasteiger charge is 2.13. The molecule has 190 valence electrons. The van der Waals surface area contributed by atoms with E-state index < -0.39 is 11.9 Å². The van der Waals surface area contributed by atoms with Gasteiger partial charge in [-0.15, -0.1) is 0 Å². The zero-order valence-corrected chi connectivity index (χ0v) is 21.3. The van der Waals surface area contributed by atoms with Crippen molar-refractivity contribution in [2.24, 2.45) is 0 Å². The fraction of sp³-hybridized carbons (Fsp3) is 0.0909. The molecule has 5 nitrogen and oxygen atoms in total. The van der Waals surface area contributed by atoms with Crippen molar-refractivity contribution in [1.29, 1.82) is 0 Å². The fourth-order valence-electron chi connectivity index (χ4n) is 3.96. The van der Waals surface area contributed by atoms with Crippen LogP contribution in [0.1, 0.15) is 11.1 Å². The predicted octanol–water partition coefficient (Wildman–Crippen LogP) is 7.49. The molecule has 0 spiro atoms. The van der Waals surface area contributed by atoms with Crippen LogP contribution < -0.4 is 9.64 Å². The van der Waals surface area contributed by atoms with Gasteiger partial charge >= 0.3 is 11.9 Å². The van der Waals surface area contributed by atoms with Gasteiger partial charge in [0.2, 0.25) is 0 Å².